The number of hydrogen-bond acceptors (Lipinski definition) is 4. The molecule has 24 heavy (non-hydrogen) atoms. The SMILES string of the molecule is COc1ccc(OC)c(C(C)NS(=O)(=O)Cc2ccccc2C)c1. The third-order valence-corrected chi connectivity index (χ3v) is 5.27. The molecule has 0 spiro atoms. The maximum atomic E-state index is 12.5. The molecule has 0 aromatic heterocycles. The Bertz CT molecular complexity index is 802. The lowest BCUT2D eigenvalue weighted by atomic mass is 10.1. The third-order valence-electron chi connectivity index (χ3n) is 3.87. The van der Waals surface area contributed by atoms with Crippen molar-refractivity contribution in [1.29, 1.82) is 0 Å². The van der Waals surface area contributed by atoms with E-state index in [0.717, 1.165) is 16.7 Å². The van der Waals surface area contributed by atoms with Gasteiger partial charge in [0.1, 0.15) is 11.5 Å². The monoisotopic (exact) mass is 349 g/mol. The summed E-state index contributed by atoms with van der Waals surface area (Å²) in [5.74, 6) is 1.20. The minimum Gasteiger partial charge on any atom is -0.497 e. The Balaban J connectivity index is 2.22. The second-order valence-corrected chi connectivity index (χ2v) is 7.39. The van der Waals surface area contributed by atoms with E-state index in [0.29, 0.717) is 11.5 Å². The van der Waals surface area contributed by atoms with Crippen molar-refractivity contribution in [3.8, 4) is 11.5 Å². The van der Waals surface area contributed by atoms with Crippen LogP contribution in [0.5, 0.6) is 11.5 Å². The average molecular weight is 349 g/mol. The maximum Gasteiger partial charge on any atom is 0.216 e. The van der Waals surface area contributed by atoms with Gasteiger partial charge in [-0.3, -0.25) is 0 Å². The predicted molar refractivity (Wildman–Crippen MR) is 94.9 cm³/mol. The van der Waals surface area contributed by atoms with E-state index < -0.39 is 16.1 Å². The Kier molecular flexibility index (Phi) is 5.85. The largest absolute Gasteiger partial charge is 0.497 e. The van der Waals surface area contributed by atoms with Crippen LogP contribution in [0.25, 0.3) is 0 Å². The number of nitrogens with one attached hydrogen (secondary N) is 1. The van der Waals surface area contributed by atoms with Gasteiger partial charge < -0.3 is 9.47 Å². The summed E-state index contributed by atoms with van der Waals surface area (Å²) in [5.41, 5.74) is 2.47. The van der Waals surface area contributed by atoms with Crippen LogP contribution in [-0.2, 0) is 15.8 Å². The van der Waals surface area contributed by atoms with Crippen molar-refractivity contribution in [2.75, 3.05) is 14.2 Å². The quantitative estimate of drug-likeness (QED) is 0.834. The summed E-state index contributed by atoms with van der Waals surface area (Å²) in [5, 5.41) is 0. The first-order valence-corrected chi connectivity index (χ1v) is 9.28. The summed E-state index contributed by atoms with van der Waals surface area (Å²) >= 11 is 0. The van der Waals surface area contributed by atoms with E-state index in [9.17, 15) is 8.42 Å². The zero-order chi connectivity index (χ0) is 17.7. The summed E-state index contributed by atoms with van der Waals surface area (Å²) in [6.45, 7) is 3.69. The third kappa shape index (κ3) is 4.49. The molecule has 2 aromatic carbocycles. The zero-order valence-electron chi connectivity index (χ0n) is 14.4. The van der Waals surface area contributed by atoms with Crippen LogP contribution in [0.15, 0.2) is 42.5 Å². The lowest BCUT2D eigenvalue weighted by Crippen LogP contribution is -2.28. The molecule has 0 saturated heterocycles. The molecule has 1 atom stereocenters. The van der Waals surface area contributed by atoms with Gasteiger partial charge in [-0.2, -0.15) is 0 Å². The van der Waals surface area contributed by atoms with Crippen molar-refractivity contribution in [3.05, 3.63) is 59.2 Å². The Labute approximate surface area is 143 Å². The minimum absolute atomic E-state index is 0.0592. The van der Waals surface area contributed by atoms with Gasteiger partial charge in [-0.05, 0) is 43.2 Å². The highest BCUT2D eigenvalue weighted by Crippen LogP contribution is 2.29. The van der Waals surface area contributed by atoms with Gasteiger partial charge in [0.25, 0.3) is 0 Å². The molecular formula is C18H23NO4S. The fourth-order valence-electron chi connectivity index (χ4n) is 2.53. The molecular weight excluding hydrogens is 326 g/mol. The van der Waals surface area contributed by atoms with Gasteiger partial charge in [0.2, 0.25) is 10.0 Å². The lowest BCUT2D eigenvalue weighted by molar-refractivity contribution is 0.395. The van der Waals surface area contributed by atoms with Gasteiger partial charge in [0.05, 0.1) is 20.0 Å². The van der Waals surface area contributed by atoms with Crippen molar-refractivity contribution < 1.29 is 17.9 Å². The molecule has 0 fully saturated rings. The molecule has 6 heteroatoms. The van der Waals surface area contributed by atoms with Gasteiger partial charge in [-0.1, -0.05) is 24.3 Å². The van der Waals surface area contributed by atoms with Gasteiger partial charge in [-0.25, -0.2) is 13.1 Å². The normalized spacial score (nSPS) is 12.7. The molecule has 0 aliphatic carbocycles. The molecule has 130 valence electrons. The minimum atomic E-state index is -3.50. The molecule has 1 N–H and O–H groups in total. The molecule has 0 amide bonds. The highest BCUT2D eigenvalue weighted by atomic mass is 32.2. The van der Waals surface area contributed by atoms with Crippen LogP contribution in [0.4, 0.5) is 0 Å². The summed E-state index contributed by atoms with van der Waals surface area (Å²) < 4.78 is 38.3. The highest BCUT2D eigenvalue weighted by molar-refractivity contribution is 7.88. The molecule has 0 aliphatic rings. The molecule has 0 heterocycles. The topological polar surface area (TPSA) is 64.6 Å². The molecule has 0 aliphatic heterocycles. The van der Waals surface area contributed by atoms with Crippen LogP contribution in [0.3, 0.4) is 0 Å². The first-order valence-electron chi connectivity index (χ1n) is 7.62. The van der Waals surface area contributed by atoms with Crippen molar-refractivity contribution in [2.24, 2.45) is 0 Å². The van der Waals surface area contributed by atoms with Crippen LogP contribution in [0.2, 0.25) is 0 Å². The number of hydrogen-bond donors (Lipinski definition) is 1. The fourth-order valence-corrected chi connectivity index (χ4v) is 4.01. The number of rotatable bonds is 7. The maximum absolute atomic E-state index is 12.5. The molecule has 2 rings (SSSR count). The van der Waals surface area contributed by atoms with E-state index in [1.54, 1.807) is 39.3 Å². The first kappa shape index (κ1) is 18.3. The summed E-state index contributed by atoms with van der Waals surface area (Å²) in [4.78, 5) is 0. The van der Waals surface area contributed by atoms with E-state index in [1.807, 2.05) is 31.2 Å². The molecule has 0 radical (unpaired) electrons. The molecule has 5 nitrogen and oxygen atoms in total. The van der Waals surface area contributed by atoms with Crippen LogP contribution in [0.1, 0.15) is 29.7 Å². The van der Waals surface area contributed by atoms with Gasteiger partial charge in [0.15, 0.2) is 0 Å². The lowest BCUT2D eigenvalue weighted by Gasteiger charge is -2.18. The number of aryl methyl sites for hydroxylation is 1. The Hall–Kier alpha value is -2.05. The number of sulfonamides is 1. The van der Waals surface area contributed by atoms with Crippen LogP contribution < -0.4 is 14.2 Å². The standard InChI is InChI=1S/C18H23NO4S/c1-13-7-5-6-8-15(13)12-24(20,21)19-14(2)17-11-16(22-3)9-10-18(17)23-4/h5-11,14,19H,12H2,1-4H3. The van der Waals surface area contributed by atoms with Crippen LogP contribution >= 0.6 is 0 Å². The summed E-state index contributed by atoms with van der Waals surface area (Å²) in [6.07, 6.45) is 0. The van der Waals surface area contributed by atoms with Gasteiger partial charge >= 0.3 is 0 Å². The number of methoxy groups -OCH3 is 2. The second-order valence-electron chi connectivity index (χ2n) is 5.63. The Morgan fingerprint density at radius 3 is 2.42 bits per heavy atom. The van der Waals surface area contributed by atoms with Gasteiger partial charge in [-0.15, -0.1) is 0 Å². The molecule has 0 saturated carbocycles. The summed E-state index contributed by atoms with van der Waals surface area (Å²) in [6, 6.07) is 12.3. The van der Waals surface area contributed by atoms with Crippen molar-refractivity contribution in [3.63, 3.8) is 0 Å². The van der Waals surface area contributed by atoms with Crippen LogP contribution in [-0.4, -0.2) is 22.6 Å². The number of benzene rings is 2. The first-order chi connectivity index (χ1) is 11.4. The van der Waals surface area contributed by atoms with Crippen LogP contribution in [0, 0.1) is 6.92 Å². The molecule has 0 bridgehead atoms. The average Bonchev–Trinajstić information content (AvgIpc) is 2.55. The summed E-state index contributed by atoms with van der Waals surface area (Å²) in [7, 11) is -0.372. The highest BCUT2D eigenvalue weighted by Gasteiger charge is 2.20. The van der Waals surface area contributed by atoms with E-state index in [-0.39, 0.29) is 5.75 Å². The van der Waals surface area contributed by atoms with E-state index >= 15 is 0 Å². The van der Waals surface area contributed by atoms with Crippen molar-refractivity contribution in [1.82, 2.24) is 4.72 Å². The zero-order valence-corrected chi connectivity index (χ0v) is 15.2. The van der Waals surface area contributed by atoms with Gasteiger partial charge in [0, 0.05) is 11.6 Å². The fraction of sp³-hybridized carbons (Fsp3) is 0.333. The van der Waals surface area contributed by atoms with E-state index in [2.05, 4.69) is 4.72 Å². The Morgan fingerprint density at radius 1 is 1.08 bits per heavy atom. The number of ether oxygens (including phenoxy) is 2. The van der Waals surface area contributed by atoms with Crippen molar-refractivity contribution in [2.45, 2.75) is 25.6 Å². The Morgan fingerprint density at radius 2 is 1.79 bits per heavy atom. The van der Waals surface area contributed by atoms with Crippen molar-refractivity contribution >= 4 is 10.0 Å². The second kappa shape index (κ2) is 7.68. The molecule has 1 unspecified atom stereocenters. The predicted octanol–water partition coefficient (Wildman–Crippen LogP) is 3.19. The van der Waals surface area contributed by atoms with E-state index in [1.165, 1.54) is 0 Å². The molecule has 2 aromatic rings. The van der Waals surface area contributed by atoms with E-state index in [4.69, 9.17) is 9.47 Å². The smallest absolute Gasteiger partial charge is 0.216 e.